The Hall–Kier alpha value is -1.07. The zero-order valence-electron chi connectivity index (χ0n) is 8.39. The van der Waals surface area contributed by atoms with Gasteiger partial charge in [0.25, 0.3) is 0 Å². The number of hydrogen-bond acceptors (Lipinski definition) is 3. The van der Waals surface area contributed by atoms with Gasteiger partial charge in [0.2, 0.25) is 0 Å². The number of benzene rings is 1. The Morgan fingerprint density at radius 2 is 1.94 bits per heavy atom. The highest BCUT2D eigenvalue weighted by Gasteiger charge is 2.17. The number of hydrogen-bond donors (Lipinski definition) is 1. The molecular formula is C10H11ClO4S. The first kappa shape index (κ1) is 13.0. The van der Waals surface area contributed by atoms with Crippen LogP contribution in [-0.2, 0) is 14.6 Å². The summed E-state index contributed by atoms with van der Waals surface area (Å²) in [5, 5.41) is 8.58. The molecule has 0 bridgehead atoms. The maximum absolute atomic E-state index is 11.8. The fraction of sp³-hybridized carbons (Fsp3) is 0.300. The average molecular weight is 263 g/mol. The van der Waals surface area contributed by atoms with Crippen LogP contribution in [-0.4, -0.2) is 25.2 Å². The van der Waals surface area contributed by atoms with Crippen LogP contribution in [0.15, 0.2) is 29.2 Å². The van der Waals surface area contributed by atoms with Gasteiger partial charge in [-0.2, -0.15) is 0 Å². The van der Waals surface area contributed by atoms with Gasteiger partial charge in [0.1, 0.15) is 0 Å². The van der Waals surface area contributed by atoms with Gasteiger partial charge in [0, 0.05) is 6.42 Å². The van der Waals surface area contributed by atoms with Crippen LogP contribution >= 0.6 is 11.6 Å². The second-order valence-corrected chi connectivity index (χ2v) is 5.73. The maximum Gasteiger partial charge on any atom is 0.303 e. The van der Waals surface area contributed by atoms with Gasteiger partial charge >= 0.3 is 5.97 Å². The van der Waals surface area contributed by atoms with Crippen molar-refractivity contribution in [3.05, 3.63) is 29.3 Å². The molecule has 0 aliphatic heterocycles. The van der Waals surface area contributed by atoms with Crippen molar-refractivity contribution in [3.63, 3.8) is 0 Å². The molecular weight excluding hydrogens is 252 g/mol. The van der Waals surface area contributed by atoms with Crippen molar-refractivity contribution in [2.75, 3.05) is 5.75 Å². The van der Waals surface area contributed by atoms with Crippen LogP contribution in [0.3, 0.4) is 0 Å². The molecule has 4 nitrogen and oxygen atoms in total. The molecule has 0 saturated heterocycles. The fourth-order valence-corrected chi connectivity index (χ4v) is 3.10. The van der Waals surface area contributed by atoms with Crippen LogP contribution in [0, 0.1) is 0 Å². The minimum Gasteiger partial charge on any atom is -0.481 e. The van der Waals surface area contributed by atoms with Gasteiger partial charge in [0.15, 0.2) is 9.84 Å². The molecule has 1 rings (SSSR count). The van der Waals surface area contributed by atoms with Gasteiger partial charge in [-0.15, -0.1) is 0 Å². The Bertz CT molecular complexity index is 481. The zero-order chi connectivity index (χ0) is 12.2. The van der Waals surface area contributed by atoms with Crippen molar-refractivity contribution in [1.82, 2.24) is 0 Å². The standard InChI is InChI=1S/C10H11ClO4S/c11-8-4-1-2-5-9(8)16(14,15)7-3-6-10(12)13/h1-2,4-5H,3,6-7H2,(H,12,13). The summed E-state index contributed by atoms with van der Waals surface area (Å²) in [4.78, 5) is 10.3. The number of sulfone groups is 1. The summed E-state index contributed by atoms with van der Waals surface area (Å²) in [6.45, 7) is 0. The van der Waals surface area contributed by atoms with Crippen molar-refractivity contribution in [1.29, 1.82) is 0 Å². The number of carboxylic acids is 1. The predicted molar refractivity (Wildman–Crippen MR) is 60.4 cm³/mol. The highest BCUT2D eigenvalue weighted by molar-refractivity contribution is 7.91. The first-order chi connectivity index (χ1) is 7.43. The highest BCUT2D eigenvalue weighted by atomic mass is 35.5. The van der Waals surface area contributed by atoms with E-state index in [1.807, 2.05) is 0 Å². The molecule has 0 radical (unpaired) electrons. The van der Waals surface area contributed by atoms with Crippen molar-refractivity contribution in [3.8, 4) is 0 Å². The largest absolute Gasteiger partial charge is 0.481 e. The Labute approximate surface area is 98.8 Å². The maximum atomic E-state index is 11.8. The Morgan fingerprint density at radius 1 is 1.31 bits per heavy atom. The third kappa shape index (κ3) is 3.50. The molecule has 1 aromatic carbocycles. The third-order valence-corrected chi connectivity index (χ3v) is 4.27. The molecule has 0 aromatic heterocycles. The first-order valence-corrected chi connectivity index (χ1v) is 6.65. The number of halogens is 1. The summed E-state index contributed by atoms with van der Waals surface area (Å²) in [5.74, 6) is -1.21. The van der Waals surface area contributed by atoms with E-state index in [1.54, 1.807) is 12.1 Å². The third-order valence-electron chi connectivity index (χ3n) is 1.98. The van der Waals surface area contributed by atoms with Crippen LogP contribution in [0.1, 0.15) is 12.8 Å². The first-order valence-electron chi connectivity index (χ1n) is 4.62. The van der Waals surface area contributed by atoms with Crippen molar-refractivity contribution in [2.45, 2.75) is 17.7 Å². The van der Waals surface area contributed by atoms with E-state index in [0.29, 0.717) is 0 Å². The van der Waals surface area contributed by atoms with Gasteiger partial charge < -0.3 is 5.11 Å². The molecule has 0 atom stereocenters. The highest BCUT2D eigenvalue weighted by Crippen LogP contribution is 2.22. The number of carbonyl (C=O) groups is 1. The van der Waals surface area contributed by atoms with Crippen molar-refractivity contribution in [2.24, 2.45) is 0 Å². The molecule has 0 amide bonds. The average Bonchev–Trinajstić information content (AvgIpc) is 2.17. The van der Waals surface area contributed by atoms with E-state index in [2.05, 4.69) is 0 Å². The second-order valence-electron chi connectivity index (χ2n) is 3.25. The van der Waals surface area contributed by atoms with Crippen LogP contribution in [0.2, 0.25) is 5.02 Å². The number of rotatable bonds is 5. The van der Waals surface area contributed by atoms with Gasteiger partial charge in [-0.1, -0.05) is 23.7 Å². The molecule has 1 aromatic rings. The molecule has 0 saturated carbocycles. The van der Waals surface area contributed by atoms with Crippen molar-refractivity contribution >= 4 is 27.4 Å². The molecule has 1 N–H and O–H groups in total. The molecule has 88 valence electrons. The number of carboxylic acid groups (broad SMARTS) is 1. The predicted octanol–water partition coefficient (Wildman–Crippen LogP) is 1.98. The lowest BCUT2D eigenvalue weighted by Crippen LogP contribution is -2.09. The Balaban J connectivity index is 2.79. The topological polar surface area (TPSA) is 71.4 Å². The van der Waals surface area contributed by atoms with Gasteiger partial charge in [-0.05, 0) is 18.6 Å². The van der Waals surface area contributed by atoms with Crippen molar-refractivity contribution < 1.29 is 18.3 Å². The lowest BCUT2D eigenvalue weighted by atomic mass is 10.3. The molecule has 0 fully saturated rings. The zero-order valence-corrected chi connectivity index (χ0v) is 9.96. The lowest BCUT2D eigenvalue weighted by molar-refractivity contribution is -0.137. The summed E-state index contributed by atoms with van der Waals surface area (Å²) in [6, 6.07) is 6.12. The molecule has 0 unspecified atom stereocenters. The lowest BCUT2D eigenvalue weighted by Gasteiger charge is -2.04. The van der Waals surface area contributed by atoms with E-state index in [0.717, 1.165) is 0 Å². The van der Waals surface area contributed by atoms with Crippen LogP contribution in [0.5, 0.6) is 0 Å². The molecule has 0 aliphatic carbocycles. The minimum atomic E-state index is -3.48. The molecule has 6 heteroatoms. The number of aliphatic carboxylic acids is 1. The smallest absolute Gasteiger partial charge is 0.303 e. The Kier molecular flexibility index (Phi) is 4.32. The van der Waals surface area contributed by atoms with E-state index in [4.69, 9.17) is 16.7 Å². The van der Waals surface area contributed by atoms with E-state index >= 15 is 0 Å². The summed E-state index contributed by atoms with van der Waals surface area (Å²) in [5.41, 5.74) is 0. The monoisotopic (exact) mass is 262 g/mol. The molecule has 0 spiro atoms. The minimum absolute atomic E-state index is 0.0575. The van der Waals surface area contributed by atoms with E-state index in [9.17, 15) is 13.2 Å². The molecule has 16 heavy (non-hydrogen) atoms. The molecule has 0 heterocycles. The summed E-state index contributed by atoms with van der Waals surface area (Å²) < 4.78 is 23.5. The van der Waals surface area contributed by atoms with E-state index in [-0.39, 0.29) is 28.5 Å². The fourth-order valence-electron chi connectivity index (χ4n) is 1.22. The van der Waals surface area contributed by atoms with Gasteiger partial charge in [-0.3, -0.25) is 4.79 Å². The second kappa shape index (κ2) is 5.32. The SMILES string of the molecule is O=C(O)CCCS(=O)(=O)c1ccccc1Cl. The molecule has 0 aliphatic rings. The van der Waals surface area contributed by atoms with Crippen LogP contribution in [0.25, 0.3) is 0 Å². The van der Waals surface area contributed by atoms with E-state index < -0.39 is 15.8 Å². The Morgan fingerprint density at radius 3 is 2.50 bits per heavy atom. The van der Waals surface area contributed by atoms with Gasteiger partial charge in [0.05, 0.1) is 15.7 Å². The van der Waals surface area contributed by atoms with Gasteiger partial charge in [-0.25, -0.2) is 8.42 Å². The normalized spacial score (nSPS) is 11.3. The van der Waals surface area contributed by atoms with Crippen LogP contribution in [0.4, 0.5) is 0 Å². The quantitative estimate of drug-likeness (QED) is 0.881. The summed E-state index contributed by atoms with van der Waals surface area (Å²) in [7, 11) is -3.48. The summed E-state index contributed by atoms with van der Waals surface area (Å²) >= 11 is 5.75. The summed E-state index contributed by atoms with van der Waals surface area (Å²) in [6.07, 6.45) is -0.0768. The van der Waals surface area contributed by atoms with Crippen LogP contribution < -0.4 is 0 Å². The van der Waals surface area contributed by atoms with E-state index in [1.165, 1.54) is 12.1 Å².